The number of benzene rings is 2. The third kappa shape index (κ3) is 9.06. The smallest absolute Gasteiger partial charge is 0.208 e. The highest BCUT2D eigenvalue weighted by molar-refractivity contribution is 6.51. The molecule has 38 heavy (non-hydrogen) atoms. The first-order valence-corrected chi connectivity index (χ1v) is 13.8. The number of aliphatic hydroxyl groups is 2. The van der Waals surface area contributed by atoms with E-state index >= 15 is 0 Å². The number of nitrogens with one attached hydrogen (secondary N) is 3. The van der Waals surface area contributed by atoms with E-state index in [0.29, 0.717) is 22.7 Å². The second-order valence-corrected chi connectivity index (χ2v) is 9.66. The quantitative estimate of drug-likeness (QED) is 0.120. The lowest BCUT2D eigenvalue weighted by Gasteiger charge is -2.19. The fourth-order valence-corrected chi connectivity index (χ4v) is 4.26. The molecule has 1 aliphatic rings. The van der Waals surface area contributed by atoms with Gasteiger partial charge in [-0.25, -0.2) is 4.99 Å². The van der Waals surface area contributed by atoms with Crippen molar-refractivity contribution in [2.75, 3.05) is 35.6 Å². The normalized spacial score (nSPS) is 14.6. The van der Waals surface area contributed by atoms with Gasteiger partial charge in [0, 0.05) is 48.4 Å². The molecule has 5 N–H and O–H groups in total. The Hall–Kier alpha value is -3.58. The predicted octanol–water partition coefficient (Wildman–Crippen LogP) is 7.13. The third-order valence-electron chi connectivity index (χ3n) is 6.52. The van der Waals surface area contributed by atoms with Crippen LogP contribution in [0.25, 0.3) is 0 Å². The molecule has 204 valence electrons. The van der Waals surface area contributed by atoms with Gasteiger partial charge in [-0.05, 0) is 74.7 Å². The molecular formula is C31H42N4O3. The number of aliphatic hydroxyl groups excluding tert-OH is 2. The molecule has 0 atom stereocenters. The van der Waals surface area contributed by atoms with Crippen molar-refractivity contribution in [1.82, 2.24) is 0 Å². The molecule has 7 nitrogen and oxygen atoms in total. The molecule has 7 heteroatoms. The van der Waals surface area contributed by atoms with Crippen LogP contribution in [0, 0.1) is 0 Å². The molecule has 0 fully saturated rings. The summed E-state index contributed by atoms with van der Waals surface area (Å²) < 4.78 is 0. The van der Waals surface area contributed by atoms with E-state index in [-0.39, 0.29) is 18.1 Å². The van der Waals surface area contributed by atoms with Crippen LogP contribution in [0.2, 0.25) is 0 Å². The predicted molar refractivity (Wildman–Crippen MR) is 159 cm³/mol. The molecule has 0 saturated carbocycles. The van der Waals surface area contributed by atoms with Crippen LogP contribution < -0.4 is 16.0 Å². The van der Waals surface area contributed by atoms with Gasteiger partial charge in [-0.15, -0.1) is 0 Å². The van der Waals surface area contributed by atoms with Crippen molar-refractivity contribution in [2.24, 2.45) is 4.99 Å². The molecule has 0 radical (unpaired) electrons. The first kappa shape index (κ1) is 29.0. The highest BCUT2D eigenvalue weighted by Gasteiger charge is 2.24. The van der Waals surface area contributed by atoms with E-state index in [1.54, 1.807) is 6.92 Å². The Labute approximate surface area is 226 Å². The first-order valence-electron chi connectivity index (χ1n) is 13.8. The Bertz CT molecular complexity index is 1120. The number of aliphatic imine (C=N–C) groups is 1. The zero-order valence-corrected chi connectivity index (χ0v) is 22.7. The molecule has 0 saturated heterocycles. The topological polar surface area (TPSA) is 106 Å². The van der Waals surface area contributed by atoms with Gasteiger partial charge in [-0.3, -0.25) is 4.79 Å². The Balaban J connectivity index is 1.62. The molecule has 2 aromatic carbocycles. The number of allylic oxidation sites excluding steroid dienone is 2. The van der Waals surface area contributed by atoms with Crippen molar-refractivity contribution in [3.05, 3.63) is 71.6 Å². The van der Waals surface area contributed by atoms with E-state index in [0.717, 1.165) is 62.3 Å². The maximum atomic E-state index is 12.7. The maximum absolute atomic E-state index is 12.7. The zero-order valence-electron chi connectivity index (χ0n) is 22.7. The average molecular weight is 519 g/mol. The van der Waals surface area contributed by atoms with Crippen LogP contribution in [0.5, 0.6) is 0 Å². The van der Waals surface area contributed by atoms with Crippen LogP contribution in [-0.4, -0.2) is 41.4 Å². The molecule has 0 heterocycles. The maximum Gasteiger partial charge on any atom is 0.208 e. The molecule has 0 amide bonds. The van der Waals surface area contributed by atoms with E-state index in [4.69, 9.17) is 5.11 Å². The van der Waals surface area contributed by atoms with Crippen molar-refractivity contribution in [3.8, 4) is 0 Å². The van der Waals surface area contributed by atoms with Crippen molar-refractivity contribution in [1.29, 1.82) is 0 Å². The number of carbonyl (C=O) groups excluding carboxylic acids is 1. The lowest BCUT2D eigenvalue weighted by atomic mass is 9.98. The van der Waals surface area contributed by atoms with Crippen LogP contribution >= 0.6 is 0 Å². The van der Waals surface area contributed by atoms with Gasteiger partial charge in [0.1, 0.15) is 11.5 Å². The standard InChI is InChI=1S/C31H42N4O3/c1-3-4-5-8-19-32-24-11-15-26(16-12-24)34-30-23(2)31(29(38)22-28(30)37)35-27-17-13-25(14-18-27)33-20-9-6-7-10-21-36/h11-18,22,32-33,35-36,38H,3-10,19-21H2,1-2H3. The fraction of sp³-hybridized carbons (Fsp3) is 0.419. The molecule has 1 aliphatic carbocycles. The van der Waals surface area contributed by atoms with E-state index in [2.05, 4.69) is 27.9 Å². The van der Waals surface area contributed by atoms with Gasteiger partial charge in [0.2, 0.25) is 5.78 Å². The first-order chi connectivity index (χ1) is 18.5. The molecule has 0 aliphatic heterocycles. The van der Waals surface area contributed by atoms with Gasteiger partial charge in [-0.2, -0.15) is 0 Å². The minimum Gasteiger partial charge on any atom is -0.506 e. The van der Waals surface area contributed by atoms with E-state index < -0.39 is 0 Å². The van der Waals surface area contributed by atoms with Gasteiger partial charge in [0.15, 0.2) is 0 Å². The minimum atomic E-state index is -0.317. The van der Waals surface area contributed by atoms with Crippen molar-refractivity contribution in [3.63, 3.8) is 0 Å². The van der Waals surface area contributed by atoms with Crippen LogP contribution in [0.4, 0.5) is 22.7 Å². The summed E-state index contributed by atoms with van der Waals surface area (Å²) in [5.41, 5.74) is 4.91. The number of hydrogen-bond acceptors (Lipinski definition) is 7. The summed E-state index contributed by atoms with van der Waals surface area (Å²) in [5.74, 6) is -0.415. The highest BCUT2D eigenvalue weighted by Crippen LogP contribution is 2.26. The lowest BCUT2D eigenvalue weighted by molar-refractivity contribution is -0.109. The SMILES string of the molecule is CCCCCCNc1ccc(N=C2C(=O)C=C(O)C(Nc3ccc(NCCCCCCO)cc3)=C2C)cc1. The number of anilines is 3. The summed E-state index contributed by atoms with van der Waals surface area (Å²) in [6, 6.07) is 15.6. The number of rotatable bonds is 16. The van der Waals surface area contributed by atoms with Crippen LogP contribution in [-0.2, 0) is 4.79 Å². The van der Waals surface area contributed by atoms with E-state index in [1.807, 2.05) is 48.5 Å². The molecule has 2 aromatic rings. The van der Waals surface area contributed by atoms with Crippen molar-refractivity contribution >= 4 is 34.2 Å². The number of carbonyl (C=O) groups is 1. The minimum absolute atomic E-state index is 0.0980. The van der Waals surface area contributed by atoms with Gasteiger partial charge < -0.3 is 26.2 Å². The van der Waals surface area contributed by atoms with Crippen molar-refractivity contribution < 1.29 is 15.0 Å². The van der Waals surface area contributed by atoms with Gasteiger partial charge >= 0.3 is 0 Å². The molecule has 0 unspecified atom stereocenters. The highest BCUT2D eigenvalue weighted by atomic mass is 16.3. The van der Waals surface area contributed by atoms with E-state index in [1.165, 1.54) is 25.3 Å². The monoisotopic (exact) mass is 518 g/mol. The Morgan fingerprint density at radius 2 is 1.32 bits per heavy atom. The third-order valence-corrected chi connectivity index (χ3v) is 6.52. The lowest BCUT2D eigenvalue weighted by Crippen LogP contribution is -2.23. The fourth-order valence-electron chi connectivity index (χ4n) is 4.26. The van der Waals surface area contributed by atoms with Gasteiger partial charge in [0.25, 0.3) is 0 Å². The summed E-state index contributed by atoms with van der Waals surface area (Å²) in [6.07, 6.45) is 10.1. The van der Waals surface area contributed by atoms with Crippen LogP contribution in [0.3, 0.4) is 0 Å². The molecular weight excluding hydrogens is 476 g/mol. The average Bonchev–Trinajstić information content (AvgIpc) is 2.92. The molecule has 3 rings (SSSR count). The zero-order chi connectivity index (χ0) is 27.2. The molecule has 0 aromatic heterocycles. The second kappa shape index (κ2) is 15.6. The van der Waals surface area contributed by atoms with Crippen LogP contribution in [0.15, 0.2) is 76.6 Å². The number of hydrogen-bond donors (Lipinski definition) is 5. The Morgan fingerprint density at radius 1 is 0.763 bits per heavy atom. The van der Waals surface area contributed by atoms with Crippen LogP contribution in [0.1, 0.15) is 65.2 Å². The summed E-state index contributed by atoms with van der Waals surface area (Å²) in [4.78, 5) is 17.3. The van der Waals surface area contributed by atoms with Crippen molar-refractivity contribution in [2.45, 2.75) is 65.2 Å². The summed E-state index contributed by atoms with van der Waals surface area (Å²) >= 11 is 0. The summed E-state index contributed by atoms with van der Waals surface area (Å²) in [7, 11) is 0. The number of unbranched alkanes of at least 4 members (excludes halogenated alkanes) is 6. The molecule has 0 spiro atoms. The summed E-state index contributed by atoms with van der Waals surface area (Å²) in [6.45, 7) is 6.08. The Morgan fingerprint density at radius 3 is 1.92 bits per heavy atom. The van der Waals surface area contributed by atoms with Gasteiger partial charge in [0.05, 0.1) is 11.4 Å². The summed E-state index contributed by atoms with van der Waals surface area (Å²) in [5, 5.41) is 29.4. The van der Waals surface area contributed by atoms with E-state index in [9.17, 15) is 9.90 Å². The van der Waals surface area contributed by atoms with Gasteiger partial charge in [-0.1, -0.05) is 39.0 Å². The number of nitrogens with zero attached hydrogens (tertiary/aromatic N) is 1. The second-order valence-electron chi connectivity index (χ2n) is 9.66. The number of ketones is 1. The molecule has 0 bridgehead atoms. The largest absolute Gasteiger partial charge is 0.506 e. The Kier molecular flexibility index (Phi) is 11.9.